The summed E-state index contributed by atoms with van der Waals surface area (Å²) in [7, 11) is -3.41. The molecule has 0 aliphatic carbocycles. The molecule has 1 amide bonds. The minimum Gasteiger partial charge on any atom is -0.322 e. The van der Waals surface area contributed by atoms with Crippen LogP contribution >= 0.6 is 0 Å². The van der Waals surface area contributed by atoms with Crippen molar-refractivity contribution in [3.05, 3.63) is 59.2 Å². The summed E-state index contributed by atoms with van der Waals surface area (Å²) in [4.78, 5) is 12.4. The minimum absolute atomic E-state index is 0.0560. The molecule has 0 unspecified atom stereocenters. The number of halogens is 3. The topological polar surface area (TPSA) is 66.5 Å². The van der Waals surface area contributed by atoms with E-state index in [0.29, 0.717) is 37.2 Å². The molecule has 0 aromatic heterocycles. The van der Waals surface area contributed by atoms with Crippen LogP contribution in [0, 0.1) is 0 Å². The fourth-order valence-electron chi connectivity index (χ4n) is 3.34. The number of alkyl halides is 3. The van der Waals surface area contributed by atoms with Gasteiger partial charge in [-0.3, -0.25) is 9.10 Å². The Bertz CT molecular complexity index is 1020. The molecular formula is C20H21F3N2O3S. The number of anilines is 2. The van der Waals surface area contributed by atoms with Gasteiger partial charge in [0.1, 0.15) is 0 Å². The molecule has 5 nitrogen and oxygen atoms in total. The van der Waals surface area contributed by atoms with E-state index in [1.165, 1.54) is 16.4 Å². The molecule has 0 atom stereocenters. The Hall–Kier alpha value is -2.55. The number of hydrogen-bond donors (Lipinski definition) is 1. The van der Waals surface area contributed by atoms with Gasteiger partial charge in [-0.15, -0.1) is 0 Å². The predicted molar refractivity (Wildman–Crippen MR) is 106 cm³/mol. The zero-order chi connectivity index (χ0) is 21.2. The van der Waals surface area contributed by atoms with Gasteiger partial charge < -0.3 is 5.32 Å². The van der Waals surface area contributed by atoms with E-state index in [9.17, 15) is 26.4 Å². The highest BCUT2D eigenvalue weighted by molar-refractivity contribution is 7.92. The van der Waals surface area contributed by atoms with Gasteiger partial charge in [-0.1, -0.05) is 13.0 Å². The molecule has 1 aliphatic rings. The van der Waals surface area contributed by atoms with Crippen molar-refractivity contribution >= 4 is 27.3 Å². The molecule has 0 spiro atoms. The second-order valence-electron chi connectivity index (χ2n) is 6.87. The molecule has 1 aliphatic heterocycles. The molecule has 2 aromatic carbocycles. The van der Waals surface area contributed by atoms with Gasteiger partial charge in [0.15, 0.2) is 0 Å². The summed E-state index contributed by atoms with van der Waals surface area (Å²) in [5.41, 5.74) is 0.762. The smallest absolute Gasteiger partial charge is 0.322 e. The van der Waals surface area contributed by atoms with E-state index < -0.39 is 27.7 Å². The molecule has 0 bridgehead atoms. The maximum atomic E-state index is 12.8. The SMILES string of the molecule is CCCS(=O)(=O)N1CCCc2cc(NC(=O)c3cccc(C(F)(F)F)c3)ccc21. The Morgan fingerprint density at radius 2 is 1.93 bits per heavy atom. The van der Waals surface area contributed by atoms with Crippen molar-refractivity contribution in [1.82, 2.24) is 0 Å². The van der Waals surface area contributed by atoms with Crippen molar-refractivity contribution in [2.45, 2.75) is 32.4 Å². The molecule has 3 rings (SSSR count). The largest absolute Gasteiger partial charge is 0.416 e. The first-order valence-electron chi connectivity index (χ1n) is 9.24. The molecule has 1 heterocycles. The highest BCUT2D eigenvalue weighted by Gasteiger charge is 2.31. The molecule has 1 N–H and O–H groups in total. The standard InChI is InChI=1S/C20H21F3N2O3S/c1-2-11-29(27,28)25-10-4-6-14-13-17(8-9-18(14)25)24-19(26)15-5-3-7-16(12-15)20(21,22)23/h3,5,7-9,12-13H,2,4,6,10-11H2,1H3,(H,24,26). The van der Waals surface area contributed by atoms with E-state index in [2.05, 4.69) is 5.32 Å². The van der Waals surface area contributed by atoms with Crippen LogP contribution in [0.5, 0.6) is 0 Å². The van der Waals surface area contributed by atoms with Crippen LogP contribution in [0.15, 0.2) is 42.5 Å². The van der Waals surface area contributed by atoms with Gasteiger partial charge in [-0.05, 0) is 61.2 Å². The van der Waals surface area contributed by atoms with Crippen molar-refractivity contribution in [3.8, 4) is 0 Å². The predicted octanol–water partition coefficient (Wildman–Crippen LogP) is 4.45. The van der Waals surface area contributed by atoms with E-state index in [1.54, 1.807) is 25.1 Å². The summed E-state index contributed by atoms with van der Waals surface area (Å²) >= 11 is 0. The van der Waals surface area contributed by atoms with Crippen LogP contribution in [0.4, 0.5) is 24.5 Å². The average Bonchev–Trinajstić information content (AvgIpc) is 2.66. The number of nitrogens with zero attached hydrogens (tertiary/aromatic N) is 1. The molecule has 0 radical (unpaired) electrons. The van der Waals surface area contributed by atoms with Gasteiger partial charge >= 0.3 is 6.18 Å². The zero-order valence-corrected chi connectivity index (χ0v) is 16.6. The average molecular weight is 426 g/mol. The number of aryl methyl sites for hydroxylation is 1. The van der Waals surface area contributed by atoms with Crippen LogP contribution in [0.1, 0.15) is 41.3 Å². The summed E-state index contributed by atoms with van der Waals surface area (Å²) in [6.07, 6.45) is -2.71. The van der Waals surface area contributed by atoms with Crippen LogP contribution in [-0.2, 0) is 22.6 Å². The van der Waals surface area contributed by atoms with Gasteiger partial charge in [0.2, 0.25) is 10.0 Å². The third-order valence-corrected chi connectivity index (χ3v) is 6.64. The number of carbonyl (C=O) groups is 1. The van der Waals surface area contributed by atoms with E-state index >= 15 is 0 Å². The molecule has 0 saturated heterocycles. The van der Waals surface area contributed by atoms with E-state index in [0.717, 1.165) is 17.7 Å². The van der Waals surface area contributed by atoms with Crippen molar-refractivity contribution in [1.29, 1.82) is 0 Å². The maximum Gasteiger partial charge on any atom is 0.416 e. The Morgan fingerprint density at radius 1 is 1.17 bits per heavy atom. The lowest BCUT2D eigenvalue weighted by Gasteiger charge is -2.30. The lowest BCUT2D eigenvalue weighted by molar-refractivity contribution is -0.137. The van der Waals surface area contributed by atoms with Crippen LogP contribution in [0.2, 0.25) is 0 Å². The highest BCUT2D eigenvalue weighted by atomic mass is 32.2. The van der Waals surface area contributed by atoms with Crippen LogP contribution in [0.25, 0.3) is 0 Å². The molecule has 0 saturated carbocycles. The highest BCUT2D eigenvalue weighted by Crippen LogP contribution is 2.33. The summed E-state index contributed by atoms with van der Waals surface area (Å²) in [5.74, 6) is -0.608. The summed E-state index contributed by atoms with van der Waals surface area (Å²) in [5, 5.41) is 2.59. The van der Waals surface area contributed by atoms with Crippen LogP contribution in [-0.4, -0.2) is 26.6 Å². The minimum atomic E-state index is -4.53. The number of carbonyl (C=O) groups excluding carboxylic acids is 1. The number of hydrogen-bond acceptors (Lipinski definition) is 3. The lowest BCUT2D eigenvalue weighted by atomic mass is 10.0. The number of fused-ring (bicyclic) bond motifs is 1. The number of sulfonamides is 1. The number of nitrogens with one attached hydrogen (secondary N) is 1. The van der Waals surface area contributed by atoms with Crippen LogP contribution < -0.4 is 9.62 Å². The first-order valence-corrected chi connectivity index (χ1v) is 10.8. The zero-order valence-electron chi connectivity index (χ0n) is 15.8. The van der Waals surface area contributed by atoms with E-state index in [-0.39, 0.29) is 11.3 Å². The molecular weight excluding hydrogens is 405 g/mol. The summed E-state index contributed by atoms with van der Waals surface area (Å²) in [6.45, 7) is 2.21. The molecule has 9 heteroatoms. The lowest BCUT2D eigenvalue weighted by Crippen LogP contribution is -2.37. The monoisotopic (exact) mass is 426 g/mol. The third kappa shape index (κ3) is 4.72. The van der Waals surface area contributed by atoms with Crippen molar-refractivity contribution < 1.29 is 26.4 Å². The third-order valence-electron chi connectivity index (χ3n) is 4.66. The van der Waals surface area contributed by atoms with Gasteiger partial charge in [0, 0.05) is 17.8 Å². The normalized spacial score (nSPS) is 14.4. The van der Waals surface area contributed by atoms with Gasteiger partial charge in [-0.25, -0.2) is 8.42 Å². The van der Waals surface area contributed by atoms with Crippen molar-refractivity contribution in [2.75, 3.05) is 21.9 Å². The fourth-order valence-corrected chi connectivity index (χ4v) is 4.96. The van der Waals surface area contributed by atoms with Gasteiger partial charge in [0.05, 0.1) is 17.0 Å². The van der Waals surface area contributed by atoms with Crippen LogP contribution in [0.3, 0.4) is 0 Å². The molecule has 2 aromatic rings. The van der Waals surface area contributed by atoms with Gasteiger partial charge in [0.25, 0.3) is 5.91 Å². The quantitative estimate of drug-likeness (QED) is 0.768. The number of benzene rings is 2. The summed E-state index contributed by atoms with van der Waals surface area (Å²) < 4.78 is 64.9. The van der Waals surface area contributed by atoms with Gasteiger partial charge in [-0.2, -0.15) is 13.2 Å². The Kier molecular flexibility index (Phi) is 5.88. The maximum absolute atomic E-state index is 12.8. The molecule has 156 valence electrons. The first-order chi connectivity index (χ1) is 13.6. The Morgan fingerprint density at radius 3 is 2.62 bits per heavy atom. The van der Waals surface area contributed by atoms with E-state index in [4.69, 9.17) is 0 Å². The Labute approximate surface area is 167 Å². The second kappa shape index (κ2) is 8.06. The van der Waals surface area contributed by atoms with Crippen molar-refractivity contribution in [2.24, 2.45) is 0 Å². The molecule has 29 heavy (non-hydrogen) atoms. The van der Waals surface area contributed by atoms with Crippen molar-refractivity contribution in [3.63, 3.8) is 0 Å². The fraction of sp³-hybridized carbons (Fsp3) is 0.350. The van der Waals surface area contributed by atoms with E-state index in [1.807, 2.05) is 0 Å². The first kappa shape index (κ1) is 21.2. The Balaban J connectivity index is 1.83. The number of amides is 1. The summed E-state index contributed by atoms with van der Waals surface area (Å²) in [6, 6.07) is 9.05. The second-order valence-corrected chi connectivity index (χ2v) is 8.88. The molecule has 0 fully saturated rings. The number of rotatable bonds is 5.